The van der Waals surface area contributed by atoms with Gasteiger partial charge in [0.05, 0.1) is 5.56 Å². The number of aromatic hydroxyl groups is 1. The van der Waals surface area contributed by atoms with Crippen LogP contribution in [0.15, 0.2) is 24.3 Å². The first-order valence-electron chi connectivity index (χ1n) is 15.7. The van der Waals surface area contributed by atoms with Crippen LogP contribution < -0.4 is 19.7 Å². The summed E-state index contributed by atoms with van der Waals surface area (Å²) in [6.07, 6.45) is 13.3. The quantitative estimate of drug-likeness (QED) is 0.293. The molecule has 5 heterocycles. The van der Waals surface area contributed by atoms with E-state index in [1.54, 1.807) is 12.1 Å². The minimum atomic E-state index is -0.528. The summed E-state index contributed by atoms with van der Waals surface area (Å²) in [5, 5.41) is 15.3. The van der Waals surface area contributed by atoms with E-state index in [0.717, 1.165) is 75.9 Å². The Balaban J connectivity index is 1.27. The van der Waals surface area contributed by atoms with Gasteiger partial charge in [0.1, 0.15) is 29.4 Å². The molecule has 4 fully saturated rings. The molecule has 0 spiro atoms. The number of imidazole rings is 1. The van der Waals surface area contributed by atoms with Crippen LogP contribution in [0.4, 0.5) is 10.2 Å². The Morgan fingerprint density at radius 2 is 1.89 bits per heavy atom. The van der Waals surface area contributed by atoms with E-state index in [4.69, 9.17) is 30.8 Å². The van der Waals surface area contributed by atoms with Crippen molar-refractivity contribution in [3.63, 3.8) is 0 Å². The van der Waals surface area contributed by atoms with Gasteiger partial charge in [-0.1, -0.05) is 12.0 Å². The smallest absolute Gasteiger partial charge is 0.320 e. The average Bonchev–Trinajstić information content (AvgIpc) is 3.66. The number of phenols is 1. The van der Waals surface area contributed by atoms with Crippen LogP contribution in [0, 0.1) is 18.2 Å². The number of benzene rings is 2. The van der Waals surface area contributed by atoms with Gasteiger partial charge in [0, 0.05) is 48.7 Å². The summed E-state index contributed by atoms with van der Waals surface area (Å²) < 4.78 is 29.7. The number of likely N-dealkylation sites (tertiary alicyclic amines) is 1. The Bertz CT molecular complexity index is 1790. The van der Waals surface area contributed by atoms with Gasteiger partial charge in [-0.3, -0.25) is 4.57 Å². The van der Waals surface area contributed by atoms with Gasteiger partial charge in [-0.25, -0.2) is 4.39 Å². The molecular formula is C33H36FN7O3. The number of likely N-dealkylation sites (N-methyl/N-ethyl adjacent to an activating group) is 1. The number of phenolic OH excluding ortho intramolecular Hbond substituents is 1. The number of hydrogen-bond donors (Lipinski definition) is 2. The lowest BCUT2D eigenvalue weighted by molar-refractivity contribution is 0.188. The zero-order chi connectivity index (χ0) is 29.9. The van der Waals surface area contributed by atoms with Gasteiger partial charge >= 0.3 is 12.0 Å². The van der Waals surface area contributed by atoms with Crippen molar-refractivity contribution < 1.29 is 19.0 Å². The second kappa shape index (κ2) is 10.8. The number of anilines is 1. The predicted molar refractivity (Wildman–Crippen MR) is 165 cm³/mol. The van der Waals surface area contributed by atoms with Crippen molar-refractivity contribution in [2.75, 3.05) is 38.2 Å². The van der Waals surface area contributed by atoms with Crippen LogP contribution in [0.3, 0.4) is 0 Å². The number of hydrogen-bond acceptors (Lipinski definition) is 9. The number of ether oxygens (including phenoxy) is 2. The number of terminal acetylenes is 1. The summed E-state index contributed by atoms with van der Waals surface area (Å²) in [5.41, 5.74) is 1.38. The molecule has 11 heteroatoms. The number of rotatable bonds is 7. The van der Waals surface area contributed by atoms with Crippen LogP contribution >= 0.6 is 0 Å². The molecule has 1 aliphatic carbocycles. The number of aromatic nitrogens is 4. The van der Waals surface area contributed by atoms with Crippen LogP contribution in [-0.2, 0) is 0 Å². The molecule has 0 amide bonds. The lowest BCUT2D eigenvalue weighted by Crippen LogP contribution is -2.51. The fourth-order valence-corrected chi connectivity index (χ4v) is 7.32. The molecule has 10 nitrogen and oxygen atoms in total. The molecular weight excluding hydrogens is 561 g/mol. The van der Waals surface area contributed by atoms with E-state index in [1.807, 2.05) is 0 Å². The molecule has 4 aliphatic rings. The Hall–Kier alpha value is -4.14. The third-order valence-corrected chi connectivity index (χ3v) is 9.87. The number of fused-ring (bicyclic) bond motifs is 4. The highest BCUT2D eigenvalue weighted by Crippen LogP contribution is 2.44. The Labute approximate surface area is 255 Å². The molecule has 0 radical (unpaired) electrons. The van der Waals surface area contributed by atoms with E-state index in [9.17, 15) is 9.50 Å². The topological polar surface area (TPSA) is 101 Å². The van der Waals surface area contributed by atoms with Crippen molar-refractivity contribution in [3.8, 4) is 35.9 Å². The molecule has 2 aromatic carbocycles. The van der Waals surface area contributed by atoms with Gasteiger partial charge in [-0.15, -0.1) is 6.42 Å². The molecule has 1 saturated carbocycles. The van der Waals surface area contributed by atoms with Crippen molar-refractivity contribution in [2.24, 2.45) is 0 Å². The number of nitrogens with one attached hydrogen (secondary N) is 1. The summed E-state index contributed by atoms with van der Waals surface area (Å²) in [6, 6.07) is 7.79. The van der Waals surface area contributed by atoms with Gasteiger partial charge in [-0.05, 0) is 76.1 Å². The Morgan fingerprint density at radius 1 is 1.07 bits per heavy atom. The maximum absolute atomic E-state index is 14.8. The summed E-state index contributed by atoms with van der Waals surface area (Å²) in [6.45, 7) is 3.24. The lowest BCUT2D eigenvalue weighted by atomic mass is 9.93. The summed E-state index contributed by atoms with van der Waals surface area (Å²) in [5.74, 6) is 2.96. The minimum Gasteiger partial charge on any atom is -0.508 e. The van der Waals surface area contributed by atoms with Crippen LogP contribution in [0.5, 0.6) is 23.5 Å². The number of nitrogens with zero attached hydrogens (tertiary/aromatic N) is 6. The minimum absolute atomic E-state index is 0.0160. The molecule has 44 heavy (non-hydrogen) atoms. The molecule has 2 N–H and O–H groups in total. The Kier molecular flexibility index (Phi) is 6.72. The van der Waals surface area contributed by atoms with Crippen molar-refractivity contribution in [1.29, 1.82) is 0 Å². The van der Waals surface area contributed by atoms with E-state index in [2.05, 4.69) is 32.7 Å². The summed E-state index contributed by atoms with van der Waals surface area (Å²) in [7, 11) is 2.12. The highest BCUT2D eigenvalue weighted by molar-refractivity contribution is 5.95. The van der Waals surface area contributed by atoms with Crippen LogP contribution in [0.2, 0.25) is 0 Å². The maximum Gasteiger partial charge on any atom is 0.320 e. The molecule has 8 rings (SSSR count). The zero-order valence-corrected chi connectivity index (χ0v) is 24.8. The van der Waals surface area contributed by atoms with Crippen LogP contribution in [0.25, 0.3) is 21.9 Å². The van der Waals surface area contributed by atoms with Crippen molar-refractivity contribution in [3.05, 3.63) is 35.6 Å². The molecule has 228 valence electrons. The largest absolute Gasteiger partial charge is 0.508 e. The zero-order valence-electron chi connectivity index (χ0n) is 24.8. The molecule has 2 bridgehead atoms. The van der Waals surface area contributed by atoms with Gasteiger partial charge in [0.2, 0.25) is 0 Å². The molecule has 3 aliphatic heterocycles. The fourth-order valence-electron chi connectivity index (χ4n) is 7.32. The third kappa shape index (κ3) is 4.68. The molecule has 3 atom stereocenters. The second-order valence-corrected chi connectivity index (χ2v) is 12.7. The molecule has 3 saturated heterocycles. The molecule has 2 aromatic heterocycles. The van der Waals surface area contributed by atoms with Crippen LogP contribution in [-0.4, -0.2) is 80.9 Å². The van der Waals surface area contributed by atoms with E-state index in [0.29, 0.717) is 53.2 Å². The maximum atomic E-state index is 14.8. The van der Waals surface area contributed by atoms with Gasteiger partial charge in [-0.2, -0.15) is 15.0 Å². The van der Waals surface area contributed by atoms with E-state index < -0.39 is 5.82 Å². The second-order valence-electron chi connectivity index (χ2n) is 12.7. The van der Waals surface area contributed by atoms with Crippen LogP contribution in [0.1, 0.15) is 56.6 Å². The van der Waals surface area contributed by atoms with Gasteiger partial charge < -0.3 is 29.7 Å². The summed E-state index contributed by atoms with van der Waals surface area (Å²) >= 11 is 0. The first-order chi connectivity index (χ1) is 21.4. The first kappa shape index (κ1) is 27.4. The van der Waals surface area contributed by atoms with Crippen molar-refractivity contribution in [1.82, 2.24) is 29.7 Å². The first-order valence-corrected chi connectivity index (χ1v) is 15.7. The normalized spacial score (nSPS) is 23.8. The van der Waals surface area contributed by atoms with E-state index in [1.165, 1.54) is 12.1 Å². The monoisotopic (exact) mass is 597 g/mol. The van der Waals surface area contributed by atoms with Gasteiger partial charge in [0.15, 0.2) is 11.5 Å². The highest BCUT2D eigenvalue weighted by Gasteiger charge is 2.37. The standard InChI is InChI=1S/C33H36FN7O3/c1-3-25-26(34)12-9-19-14-24(42)15-27(28(19)25)44-33-37-30-29(41(33)22-6-4-7-22)31(40-16-20-10-11-21(17-40)35-20)38-32(36-30)43-18-23-8-5-13-39(23)2/h1,9,12,14-15,20-23,35,42H,4-8,10-11,13,16-18H2,2H3/t20?,21?,23-/m0/s1. The third-order valence-electron chi connectivity index (χ3n) is 9.87. The Morgan fingerprint density at radius 3 is 2.59 bits per heavy atom. The summed E-state index contributed by atoms with van der Waals surface area (Å²) in [4.78, 5) is 19.4. The van der Waals surface area contributed by atoms with E-state index >= 15 is 0 Å². The lowest BCUT2D eigenvalue weighted by Gasteiger charge is -2.35. The van der Waals surface area contributed by atoms with Crippen molar-refractivity contribution in [2.45, 2.75) is 69.1 Å². The average molecular weight is 598 g/mol. The number of piperazine rings is 1. The fraction of sp³-hybridized carbons (Fsp3) is 0.485. The molecule has 2 unspecified atom stereocenters. The van der Waals surface area contributed by atoms with E-state index in [-0.39, 0.29) is 23.1 Å². The van der Waals surface area contributed by atoms with Gasteiger partial charge in [0.25, 0.3) is 0 Å². The number of halogens is 1. The van der Waals surface area contributed by atoms with Crippen molar-refractivity contribution >= 4 is 27.8 Å². The highest BCUT2D eigenvalue weighted by atomic mass is 19.1. The predicted octanol–water partition coefficient (Wildman–Crippen LogP) is 4.74. The molecule has 4 aromatic rings. The SMILES string of the molecule is C#Cc1c(F)ccc2cc(O)cc(Oc3nc4nc(OC[C@@H]5CCCN5C)nc(N5CC6CCC(C5)N6)c4n3C3CCC3)c12.